The van der Waals surface area contributed by atoms with Crippen LogP contribution in [-0.4, -0.2) is 4.98 Å². The molecule has 0 radical (unpaired) electrons. The molecule has 72 valence electrons. The third-order valence-corrected chi connectivity index (χ3v) is 2.74. The molecule has 1 heterocycles. The molecule has 0 aromatic carbocycles. The molecule has 2 N–H and O–H groups in total. The lowest BCUT2D eigenvalue weighted by atomic mass is 10.2. The third kappa shape index (κ3) is 2.19. The Kier molecular flexibility index (Phi) is 3.66. The van der Waals surface area contributed by atoms with E-state index in [-0.39, 0.29) is 11.6 Å². The first-order chi connectivity index (χ1) is 6.07. The van der Waals surface area contributed by atoms with Gasteiger partial charge >= 0.3 is 0 Å². The van der Waals surface area contributed by atoms with Crippen LogP contribution in [0, 0.1) is 3.57 Å². The molecule has 1 rings (SSSR count). The smallest absolute Gasteiger partial charge is 0.282 e. The van der Waals surface area contributed by atoms with Gasteiger partial charge in [-0.1, -0.05) is 0 Å². The van der Waals surface area contributed by atoms with Crippen molar-refractivity contribution in [2.24, 2.45) is 0 Å². The average Bonchev–Trinajstić information content (AvgIpc) is 2.04. The number of nitrogens with two attached hydrogens (primary N) is 1. The van der Waals surface area contributed by atoms with Crippen molar-refractivity contribution in [3.63, 3.8) is 0 Å². The molecule has 0 spiro atoms. The number of hydrogen-bond donors (Lipinski definition) is 1. The molecule has 0 aliphatic carbocycles. The average molecular weight is 318 g/mol. The summed E-state index contributed by atoms with van der Waals surface area (Å²) in [6.07, 6.45) is -1.31. The second-order valence-electron chi connectivity index (χ2n) is 2.32. The Morgan fingerprint density at radius 3 is 2.69 bits per heavy atom. The van der Waals surface area contributed by atoms with E-state index in [9.17, 15) is 8.78 Å². The monoisotopic (exact) mass is 318 g/mol. The highest BCUT2D eigenvalue weighted by atomic mass is 127. The molecule has 2 nitrogen and oxygen atoms in total. The van der Waals surface area contributed by atoms with E-state index in [2.05, 4.69) is 4.98 Å². The van der Waals surface area contributed by atoms with Gasteiger partial charge in [0.1, 0.15) is 5.69 Å². The zero-order valence-corrected chi connectivity index (χ0v) is 9.31. The minimum Gasteiger partial charge on any atom is -0.397 e. The van der Waals surface area contributed by atoms with Crippen LogP contribution in [0.3, 0.4) is 0 Å². The van der Waals surface area contributed by atoms with Crippen LogP contribution in [0.25, 0.3) is 0 Å². The van der Waals surface area contributed by atoms with E-state index in [1.807, 2.05) is 22.6 Å². The van der Waals surface area contributed by atoms with Crippen LogP contribution in [0.1, 0.15) is 17.7 Å². The molecular formula is C7H6ClF2IN2. The normalized spacial score (nSPS) is 10.8. The van der Waals surface area contributed by atoms with Gasteiger partial charge in [0.25, 0.3) is 6.43 Å². The summed E-state index contributed by atoms with van der Waals surface area (Å²) < 4.78 is 25.3. The van der Waals surface area contributed by atoms with Crippen molar-refractivity contribution in [2.75, 3.05) is 5.73 Å². The van der Waals surface area contributed by atoms with Crippen LogP contribution in [0.15, 0.2) is 6.20 Å². The van der Waals surface area contributed by atoms with E-state index < -0.39 is 12.1 Å². The second-order valence-corrected chi connectivity index (χ2v) is 3.75. The van der Waals surface area contributed by atoms with Crippen molar-refractivity contribution in [2.45, 2.75) is 12.3 Å². The minimum atomic E-state index is -2.65. The highest BCUT2D eigenvalue weighted by molar-refractivity contribution is 14.1. The molecule has 6 heteroatoms. The summed E-state index contributed by atoms with van der Waals surface area (Å²) in [7, 11) is 0. The third-order valence-electron chi connectivity index (χ3n) is 1.55. The van der Waals surface area contributed by atoms with Crippen LogP contribution in [-0.2, 0) is 5.88 Å². The number of nitrogen functional groups attached to an aromatic ring is 1. The topological polar surface area (TPSA) is 38.9 Å². The fourth-order valence-electron chi connectivity index (χ4n) is 0.867. The SMILES string of the molecule is Nc1c(C(F)F)ncc(I)c1CCl. The Balaban J connectivity index is 3.27. The summed E-state index contributed by atoms with van der Waals surface area (Å²) in [5, 5.41) is 0. The Morgan fingerprint density at radius 1 is 1.62 bits per heavy atom. The number of rotatable bonds is 2. The van der Waals surface area contributed by atoms with Crippen LogP contribution in [0.4, 0.5) is 14.5 Å². The van der Waals surface area contributed by atoms with Gasteiger partial charge in [-0.25, -0.2) is 8.78 Å². The first-order valence-corrected chi connectivity index (χ1v) is 4.96. The summed E-state index contributed by atoms with van der Waals surface area (Å²) in [6.45, 7) is 0. The lowest BCUT2D eigenvalue weighted by Gasteiger charge is -2.08. The van der Waals surface area contributed by atoms with E-state index in [1.165, 1.54) is 6.20 Å². The maximum Gasteiger partial charge on any atom is 0.282 e. The first kappa shape index (κ1) is 10.9. The molecule has 0 saturated heterocycles. The molecule has 1 aromatic rings. The molecule has 1 aromatic heterocycles. The van der Waals surface area contributed by atoms with Gasteiger partial charge in [-0.3, -0.25) is 4.98 Å². The highest BCUT2D eigenvalue weighted by Crippen LogP contribution is 2.29. The molecule has 0 fully saturated rings. The number of aromatic nitrogens is 1. The maximum atomic E-state index is 12.3. The molecule has 0 aliphatic rings. The highest BCUT2D eigenvalue weighted by Gasteiger charge is 2.17. The van der Waals surface area contributed by atoms with Crippen LogP contribution >= 0.6 is 34.2 Å². The van der Waals surface area contributed by atoms with E-state index in [0.29, 0.717) is 9.13 Å². The molecule has 0 atom stereocenters. The van der Waals surface area contributed by atoms with Crippen LogP contribution in [0.5, 0.6) is 0 Å². The fourth-order valence-corrected chi connectivity index (χ4v) is 2.00. The van der Waals surface area contributed by atoms with Gasteiger partial charge in [0.15, 0.2) is 0 Å². The predicted molar refractivity (Wildman–Crippen MR) is 55.9 cm³/mol. The largest absolute Gasteiger partial charge is 0.397 e. The molecule has 0 bridgehead atoms. The predicted octanol–water partition coefficient (Wildman–Crippen LogP) is 2.94. The number of alkyl halides is 3. The van der Waals surface area contributed by atoms with E-state index in [4.69, 9.17) is 17.3 Å². The van der Waals surface area contributed by atoms with E-state index >= 15 is 0 Å². The molecule has 0 unspecified atom stereocenters. The van der Waals surface area contributed by atoms with Gasteiger partial charge in [-0.15, -0.1) is 11.6 Å². The zero-order valence-electron chi connectivity index (χ0n) is 6.40. The van der Waals surface area contributed by atoms with Crippen LogP contribution in [0.2, 0.25) is 0 Å². The van der Waals surface area contributed by atoms with Crippen molar-refractivity contribution in [1.29, 1.82) is 0 Å². The van der Waals surface area contributed by atoms with Crippen molar-refractivity contribution in [3.05, 3.63) is 21.0 Å². The quantitative estimate of drug-likeness (QED) is 0.672. The Labute approximate surface area is 92.6 Å². The van der Waals surface area contributed by atoms with Gasteiger partial charge in [-0.05, 0) is 22.6 Å². The summed E-state index contributed by atoms with van der Waals surface area (Å²) in [5.41, 5.74) is 5.59. The Morgan fingerprint density at radius 2 is 2.23 bits per heavy atom. The number of halogens is 4. The summed E-state index contributed by atoms with van der Waals surface area (Å²) in [6, 6.07) is 0. The van der Waals surface area contributed by atoms with Crippen molar-refractivity contribution in [3.8, 4) is 0 Å². The first-order valence-electron chi connectivity index (χ1n) is 3.34. The van der Waals surface area contributed by atoms with Gasteiger partial charge in [-0.2, -0.15) is 0 Å². The molecular weight excluding hydrogens is 312 g/mol. The maximum absolute atomic E-state index is 12.3. The van der Waals surface area contributed by atoms with Gasteiger partial charge in [0.05, 0.1) is 11.6 Å². The molecule has 0 aliphatic heterocycles. The zero-order chi connectivity index (χ0) is 10.0. The Hall–Kier alpha value is -0.170. The van der Waals surface area contributed by atoms with Crippen molar-refractivity contribution >= 4 is 39.9 Å². The van der Waals surface area contributed by atoms with Gasteiger partial charge in [0.2, 0.25) is 0 Å². The molecule has 0 amide bonds. The number of nitrogens with zero attached hydrogens (tertiary/aromatic N) is 1. The summed E-state index contributed by atoms with van der Waals surface area (Å²) in [5.74, 6) is 0.117. The number of pyridine rings is 1. The lowest BCUT2D eigenvalue weighted by Crippen LogP contribution is -2.04. The van der Waals surface area contributed by atoms with Crippen LogP contribution < -0.4 is 5.73 Å². The van der Waals surface area contributed by atoms with Crippen molar-refractivity contribution in [1.82, 2.24) is 4.98 Å². The number of hydrogen-bond acceptors (Lipinski definition) is 2. The summed E-state index contributed by atoms with van der Waals surface area (Å²) in [4.78, 5) is 3.54. The van der Waals surface area contributed by atoms with Gasteiger partial charge < -0.3 is 5.73 Å². The minimum absolute atomic E-state index is 0.00287. The van der Waals surface area contributed by atoms with Gasteiger partial charge in [0, 0.05) is 15.3 Å². The second kappa shape index (κ2) is 4.36. The molecule has 13 heavy (non-hydrogen) atoms. The standard InChI is InChI=1S/C7H6ClF2IN2/c8-1-3-4(11)2-13-6(5(3)12)7(9)10/h2,7H,1,12H2. The fraction of sp³-hybridized carbons (Fsp3) is 0.286. The molecule has 0 saturated carbocycles. The summed E-state index contributed by atoms with van der Waals surface area (Å²) >= 11 is 7.51. The van der Waals surface area contributed by atoms with Crippen molar-refractivity contribution < 1.29 is 8.78 Å². The van der Waals surface area contributed by atoms with E-state index in [1.54, 1.807) is 0 Å². The van der Waals surface area contributed by atoms with E-state index in [0.717, 1.165) is 0 Å². The lowest BCUT2D eigenvalue weighted by molar-refractivity contribution is 0.147. The number of anilines is 1. The Bertz CT molecular complexity index is 320.